The van der Waals surface area contributed by atoms with Crippen LogP contribution in [-0.4, -0.2) is 34.2 Å². The van der Waals surface area contributed by atoms with Gasteiger partial charge in [0.15, 0.2) is 6.61 Å². The van der Waals surface area contributed by atoms with E-state index in [4.69, 9.17) is 20.8 Å². The Kier molecular flexibility index (Phi) is 6.13. The largest absolute Gasteiger partial charge is 0.452 e. The summed E-state index contributed by atoms with van der Waals surface area (Å²) in [5, 5.41) is 19.6. The van der Waals surface area contributed by atoms with E-state index in [9.17, 15) is 14.9 Å². The molecule has 1 aromatic heterocycles. The van der Waals surface area contributed by atoms with Gasteiger partial charge >= 0.3 is 5.97 Å². The third-order valence-electron chi connectivity index (χ3n) is 4.99. The first-order chi connectivity index (χ1) is 15.0. The summed E-state index contributed by atoms with van der Waals surface area (Å²) in [6.45, 7) is 1.32. The molecule has 1 fully saturated rings. The van der Waals surface area contributed by atoms with Crippen LogP contribution in [0.4, 0.5) is 11.4 Å². The monoisotopic (exact) mass is 442 g/mol. The van der Waals surface area contributed by atoms with E-state index in [1.165, 1.54) is 12.1 Å². The fourth-order valence-corrected chi connectivity index (χ4v) is 3.56. The molecule has 1 aliphatic heterocycles. The molecule has 0 amide bonds. The Morgan fingerprint density at radius 2 is 1.87 bits per heavy atom. The van der Waals surface area contributed by atoms with Crippen molar-refractivity contribution in [3.05, 3.63) is 69.1 Å². The normalized spacial score (nSPS) is 13.8. The quantitative estimate of drug-likeness (QED) is 0.308. The molecule has 2 aromatic carbocycles. The van der Waals surface area contributed by atoms with Gasteiger partial charge in [-0.3, -0.25) is 10.1 Å². The van der Waals surface area contributed by atoms with Gasteiger partial charge in [0.05, 0.1) is 16.2 Å². The second-order valence-electron chi connectivity index (χ2n) is 7.09. The molecule has 0 N–H and O–H groups in total. The number of benzene rings is 2. The van der Waals surface area contributed by atoms with Crippen molar-refractivity contribution in [1.29, 1.82) is 0 Å². The Balaban J connectivity index is 1.50. The van der Waals surface area contributed by atoms with Gasteiger partial charge in [-0.2, -0.15) is 0 Å². The average Bonchev–Trinajstić information content (AvgIpc) is 3.27. The van der Waals surface area contributed by atoms with E-state index in [1.54, 1.807) is 30.3 Å². The molecular weight excluding hydrogens is 424 g/mol. The first-order valence-corrected chi connectivity index (χ1v) is 10.2. The zero-order valence-corrected chi connectivity index (χ0v) is 17.2. The van der Waals surface area contributed by atoms with E-state index in [-0.39, 0.29) is 29.6 Å². The molecule has 0 unspecified atom stereocenters. The zero-order valence-electron chi connectivity index (χ0n) is 16.5. The minimum atomic E-state index is -0.685. The summed E-state index contributed by atoms with van der Waals surface area (Å²) in [6, 6.07) is 11.1. The van der Waals surface area contributed by atoms with Crippen LogP contribution in [-0.2, 0) is 11.3 Å². The van der Waals surface area contributed by atoms with E-state index >= 15 is 0 Å². The lowest BCUT2D eigenvalue weighted by Crippen LogP contribution is -2.31. The first-order valence-electron chi connectivity index (χ1n) is 9.80. The third kappa shape index (κ3) is 4.83. The van der Waals surface area contributed by atoms with Gasteiger partial charge in [0.2, 0.25) is 5.89 Å². The Hall–Kier alpha value is -3.46. The number of carbonyl (C=O) groups excluding carboxylic acids is 1. The summed E-state index contributed by atoms with van der Waals surface area (Å²) in [7, 11) is 0. The number of ether oxygens (including phenoxy) is 1. The van der Waals surface area contributed by atoms with E-state index in [0.29, 0.717) is 16.3 Å². The summed E-state index contributed by atoms with van der Waals surface area (Å²) >= 11 is 5.88. The van der Waals surface area contributed by atoms with E-state index in [2.05, 4.69) is 15.1 Å². The second kappa shape index (κ2) is 9.13. The fourth-order valence-electron chi connectivity index (χ4n) is 3.44. The number of halogens is 1. The Morgan fingerprint density at radius 1 is 1.13 bits per heavy atom. The summed E-state index contributed by atoms with van der Waals surface area (Å²) in [4.78, 5) is 25.5. The molecule has 0 saturated carbocycles. The molecule has 1 saturated heterocycles. The summed E-state index contributed by atoms with van der Waals surface area (Å²) in [5.74, 6) is -0.300. The smallest absolute Gasteiger partial charge is 0.341 e. The number of aromatic nitrogens is 2. The van der Waals surface area contributed by atoms with Crippen molar-refractivity contribution in [2.45, 2.75) is 25.9 Å². The lowest BCUT2D eigenvalue weighted by Gasteiger charge is -2.30. The number of esters is 1. The van der Waals surface area contributed by atoms with Crippen LogP contribution in [0.15, 0.2) is 46.9 Å². The maximum atomic E-state index is 12.8. The number of anilines is 1. The molecule has 3 aromatic rings. The molecule has 0 bridgehead atoms. The highest BCUT2D eigenvalue weighted by Gasteiger charge is 2.23. The molecule has 1 aliphatic rings. The number of nitro groups is 1. The maximum Gasteiger partial charge on any atom is 0.341 e. The van der Waals surface area contributed by atoms with Crippen molar-refractivity contribution in [2.24, 2.45) is 0 Å². The van der Waals surface area contributed by atoms with Crippen molar-refractivity contribution in [3.8, 4) is 11.5 Å². The lowest BCUT2D eigenvalue weighted by atomic mass is 10.1. The van der Waals surface area contributed by atoms with Gasteiger partial charge in [-0.05, 0) is 49.6 Å². The number of nitrogens with zero attached hydrogens (tertiary/aromatic N) is 4. The van der Waals surface area contributed by atoms with Gasteiger partial charge in [0.1, 0.15) is 0 Å². The molecule has 31 heavy (non-hydrogen) atoms. The summed E-state index contributed by atoms with van der Waals surface area (Å²) in [5.41, 5.74) is 1.28. The molecule has 9 nitrogen and oxygen atoms in total. The Labute approximate surface area is 182 Å². The van der Waals surface area contributed by atoms with Crippen LogP contribution in [0.3, 0.4) is 0 Å². The van der Waals surface area contributed by atoms with Gasteiger partial charge in [0.25, 0.3) is 11.6 Å². The summed E-state index contributed by atoms with van der Waals surface area (Å²) in [6.07, 6.45) is 3.12. The van der Waals surface area contributed by atoms with Crippen LogP contribution in [0.5, 0.6) is 0 Å². The molecule has 160 valence electrons. The van der Waals surface area contributed by atoms with Crippen LogP contribution in [0, 0.1) is 10.1 Å². The van der Waals surface area contributed by atoms with Crippen LogP contribution < -0.4 is 4.90 Å². The number of piperidine rings is 1. The molecule has 0 spiro atoms. The number of rotatable bonds is 6. The molecule has 10 heteroatoms. The van der Waals surface area contributed by atoms with E-state index in [0.717, 1.165) is 32.4 Å². The number of carbonyl (C=O) groups is 1. The maximum absolute atomic E-state index is 12.8. The average molecular weight is 443 g/mol. The molecular formula is C21H19ClN4O5. The molecule has 0 radical (unpaired) electrons. The van der Waals surface area contributed by atoms with Crippen molar-refractivity contribution in [1.82, 2.24) is 10.2 Å². The van der Waals surface area contributed by atoms with Crippen LogP contribution >= 0.6 is 11.6 Å². The van der Waals surface area contributed by atoms with Gasteiger partial charge in [-0.25, -0.2) is 4.79 Å². The predicted molar refractivity (Wildman–Crippen MR) is 113 cm³/mol. The first kappa shape index (κ1) is 20.8. The van der Waals surface area contributed by atoms with Crippen LogP contribution in [0.2, 0.25) is 5.02 Å². The zero-order chi connectivity index (χ0) is 21.8. The third-order valence-corrected chi connectivity index (χ3v) is 5.24. The second-order valence-corrected chi connectivity index (χ2v) is 7.53. The predicted octanol–water partition coefficient (Wildman–Crippen LogP) is 4.65. The van der Waals surface area contributed by atoms with Crippen molar-refractivity contribution >= 4 is 28.9 Å². The Morgan fingerprint density at radius 3 is 2.58 bits per heavy atom. The van der Waals surface area contributed by atoms with Crippen molar-refractivity contribution in [3.63, 3.8) is 0 Å². The van der Waals surface area contributed by atoms with Crippen molar-refractivity contribution in [2.75, 3.05) is 18.0 Å². The number of nitro benzene ring substituents is 1. The Bertz CT molecular complexity index is 1090. The highest BCUT2D eigenvalue weighted by molar-refractivity contribution is 6.30. The topological polar surface area (TPSA) is 112 Å². The van der Waals surface area contributed by atoms with Gasteiger partial charge < -0.3 is 14.1 Å². The van der Waals surface area contributed by atoms with Gasteiger partial charge in [-0.15, -0.1) is 10.2 Å². The number of hydrogen-bond acceptors (Lipinski definition) is 8. The van der Waals surface area contributed by atoms with Gasteiger partial charge in [-0.1, -0.05) is 11.6 Å². The minimum absolute atomic E-state index is 0.114. The molecule has 2 heterocycles. The number of non-ortho nitro benzene ring substituents is 1. The molecule has 0 aliphatic carbocycles. The van der Waals surface area contributed by atoms with E-state index < -0.39 is 10.9 Å². The summed E-state index contributed by atoms with van der Waals surface area (Å²) < 4.78 is 10.9. The molecule has 4 rings (SSSR count). The fraction of sp³-hybridized carbons (Fsp3) is 0.286. The minimum Gasteiger partial charge on any atom is -0.452 e. The van der Waals surface area contributed by atoms with E-state index in [1.807, 2.05) is 0 Å². The standard InChI is InChI=1S/C21H19ClN4O5/c22-15-6-4-14(5-7-15)20-24-23-19(31-20)13-30-21(27)17-12-16(26(28)29)8-9-18(17)25-10-2-1-3-11-25/h4-9,12H,1-3,10-11,13H2. The molecule has 0 atom stereocenters. The SMILES string of the molecule is O=C(OCc1nnc(-c2ccc(Cl)cc2)o1)c1cc([N+](=O)[O-])ccc1N1CCCCC1. The number of hydrogen-bond donors (Lipinski definition) is 0. The van der Waals surface area contributed by atoms with Crippen LogP contribution in [0.25, 0.3) is 11.5 Å². The highest BCUT2D eigenvalue weighted by Crippen LogP contribution is 2.29. The highest BCUT2D eigenvalue weighted by atomic mass is 35.5. The van der Waals surface area contributed by atoms with Crippen LogP contribution in [0.1, 0.15) is 35.5 Å². The lowest BCUT2D eigenvalue weighted by molar-refractivity contribution is -0.384. The van der Waals surface area contributed by atoms with Crippen molar-refractivity contribution < 1.29 is 18.9 Å². The van der Waals surface area contributed by atoms with Gasteiger partial charge in [0, 0.05) is 35.8 Å².